The summed E-state index contributed by atoms with van der Waals surface area (Å²) in [5.74, 6) is 0.855. The molecule has 0 aliphatic carbocycles. The van der Waals surface area contributed by atoms with Gasteiger partial charge in [-0.05, 0) is 51.5 Å². The van der Waals surface area contributed by atoms with E-state index < -0.39 is 0 Å². The second kappa shape index (κ2) is 7.46. The fourth-order valence-corrected chi connectivity index (χ4v) is 2.59. The van der Waals surface area contributed by atoms with Crippen molar-refractivity contribution >= 4 is 22.5 Å². The van der Waals surface area contributed by atoms with Gasteiger partial charge < -0.3 is 10.1 Å². The summed E-state index contributed by atoms with van der Waals surface area (Å²) in [5, 5.41) is 8.11. The molecule has 1 aromatic heterocycles. The van der Waals surface area contributed by atoms with Gasteiger partial charge >= 0.3 is 6.03 Å². The van der Waals surface area contributed by atoms with Crippen LogP contribution in [0, 0.1) is 0 Å². The van der Waals surface area contributed by atoms with E-state index in [0.29, 0.717) is 11.7 Å². The number of nitrogens with one attached hydrogen (secondary N) is 2. The first-order chi connectivity index (χ1) is 10.9. The van der Waals surface area contributed by atoms with Crippen molar-refractivity contribution in [1.82, 2.24) is 10.3 Å². The SMILES string of the molecule is CCCOc1ccc(-c2csc(NC(=O)NC(C)(C)C)n2)cc1. The second-order valence-electron chi connectivity index (χ2n) is 6.24. The molecular weight excluding hydrogens is 310 g/mol. The van der Waals surface area contributed by atoms with E-state index in [1.165, 1.54) is 11.3 Å². The van der Waals surface area contributed by atoms with Gasteiger partial charge in [0.1, 0.15) is 5.75 Å². The number of hydrogen-bond donors (Lipinski definition) is 2. The number of nitrogens with zero attached hydrogens (tertiary/aromatic N) is 1. The van der Waals surface area contributed by atoms with E-state index in [1.54, 1.807) is 0 Å². The number of anilines is 1. The topological polar surface area (TPSA) is 63.2 Å². The minimum absolute atomic E-state index is 0.248. The fraction of sp³-hybridized carbons (Fsp3) is 0.412. The van der Waals surface area contributed by atoms with Crippen LogP contribution in [0.15, 0.2) is 29.6 Å². The fourth-order valence-electron chi connectivity index (χ4n) is 1.87. The summed E-state index contributed by atoms with van der Waals surface area (Å²) in [6.07, 6.45) is 0.986. The Hall–Kier alpha value is -2.08. The van der Waals surface area contributed by atoms with Crippen molar-refractivity contribution < 1.29 is 9.53 Å². The normalized spacial score (nSPS) is 11.1. The molecule has 23 heavy (non-hydrogen) atoms. The number of benzene rings is 1. The molecule has 2 rings (SSSR count). The van der Waals surface area contributed by atoms with Crippen molar-refractivity contribution in [2.24, 2.45) is 0 Å². The Bertz CT molecular complexity index is 645. The third-order valence-corrected chi connectivity index (χ3v) is 3.59. The summed E-state index contributed by atoms with van der Waals surface area (Å²) in [5.41, 5.74) is 1.55. The zero-order chi connectivity index (χ0) is 16.9. The average Bonchev–Trinajstić information content (AvgIpc) is 2.92. The van der Waals surface area contributed by atoms with Crippen LogP contribution in [0.1, 0.15) is 34.1 Å². The summed E-state index contributed by atoms with van der Waals surface area (Å²) in [6.45, 7) is 8.59. The van der Waals surface area contributed by atoms with E-state index in [2.05, 4.69) is 22.5 Å². The molecular formula is C17H23N3O2S. The summed E-state index contributed by atoms with van der Waals surface area (Å²) < 4.78 is 5.57. The van der Waals surface area contributed by atoms with Crippen LogP contribution in [0.25, 0.3) is 11.3 Å². The third-order valence-electron chi connectivity index (χ3n) is 2.84. The molecule has 6 heteroatoms. The van der Waals surface area contributed by atoms with Crippen LogP contribution in [-0.4, -0.2) is 23.2 Å². The van der Waals surface area contributed by atoms with Gasteiger partial charge in [0.25, 0.3) is 0 Å². The molecule has 2 aromatic rings. The molecule has 0 bridgehead atoms. The molecule has 0 aliphatic heterocycles. The van der Waals surface area contributed by atoms with E-state index in [9.17, 15) is 4.79 Å². The van der Waals surface area contributed by atoms with Gasteiger partial charge in [-0.2, -0.15) is 0 Å². The van der Waals surface area contributed by atoms with E-state index in [4.69, 9.17) is 4.74 Å². The molecule has 1 aromatic carbocycles. The quantitative estimate of drug-likeness (QED) is 0.845. The molecule has 0 unspecified atom stereocenters. The number of rotatable bonds is 5. The Labute approximate surface area is 141 Å². The molecule has 0 atom stereocenters. The number of urea groups is 1. The molecule has 0 saturated heterocycles. The third kappa shape index (κ3) is 5.56. The zero-order valence-corrected chi connectivity index (χ0v) is 14.8. The number of aromatic nitrogens is 1. The van der Waals surface area contributed by atoms with Gasteiger partial charge in [-0.25, -0.2) is 9.78 Å². The summed E-state index contributed by atoms with van der Waals surface area (Å²) in [4.78, 5) is 16.3. The van der Waals surface area contributed by atoms with Gasteiger partial charge in [0.15, 0.2) is 5.13 Å². The summed E-state index contributed by atoms with van der Waals surface area (Å²) >= 11 is 1.40. The van der Waals surface area contributed by atoms with Crippen molar-refractivity contribution in [3.05, 3.63) is 29.6 Å². The van der Waals surface area contributed by atoms with E-state index in [-0.39, 0.29) is 11.6 Å². The minimum atomic E-state index is -0.279. The predicted octanol–water partition coefficient (Wildman–Crippen LogP) is 4.52. The molecule has 0 aliphatic rings. The van der Waals surface area contributed by atoms with Crippen LogP contribution in [0.3, 0.4) is 0 Å². The minimum Gasteiger partial charge on any atom is -0.494 e. The van der Waals surface area contributed by atoms with Gasteiger partial charge in [-0.1, -0.05) is 6.92 Å². The predicted molar refractivity (Wildman–Crippen MR) is 95.2 cm³/mol. The molecule has 2 amide bonds. The van der Waals surface area contributed by atoms with Crippen LogP contribution in [-0.2, 0) is 0 Å². The maximum atomic E-state index is 11.8. The molecule has 2 N–H and O–H groups in total. The Morgan fingerprint density at radius 2 is 1.96 bits per heavy atom. The highest BCUT2D eigenvalue weighted by Gasteiger charge is 2.15. The average molecular weight is 333 g/mol. The second-order valence-corrected chi connectivity index (χ2v) is 7.10. The van der Waals surface area contributed by atoms with Crippen molar-refractivity contribution in [3.8, 4) is 17.0 Å². The Balaban J connectivity index is 2.00. The van der Waals surface area contributed by atoms with Gasteiger partial charge in [0, 0.05) is 16.5 Å². The first-order valence-electron chi connectivity index (χ1n) is 7.65. The monoisotopic (exact) mass is 333 g/mol. The van der Waals surface area contributed by atoms with Gasteiger partial charge in [-0.15, -0.1) is 11.3 Å². The van der Waals surface area contributed by atoms with Crippen molar-refractivity contribution in [1.29, 1.82) is 0 Å². The molecule has 5 nitrogen and oxygen atoms in total. The van der Waals surface area contributed by atoms with E-state index >= 15 is 0 Å². The van der Waals surface area contributed by atoms with Crippen molar-refractivity contribution in [2.75, 3.05) is 11.9 Å². The number of thiazole rings is 1. The highest BCUT2D eigenvalue weighted by atomic mass is 32.1. The summed E-state index contributed by atoms with van der Waals surface area (Å²) in [6, 6.07) is 7.56. The van der Waals surface area contributed by atoms with Gasteiger partial charge in [0.2, 0.25) is 0 Å². The lowest BCUT2D eigenvalue weighted by Gasteiger charge is -2.20. The van der Waals surface area contributed by atoms with Crippen LogP contribution in [0.2, 0.25) is 0 Å². The van der Waals surface area contributed by atoms with Gasteiger partial charge in [0.05, 0.1) is 12.3 Å². The maximum absolute atomic E-state index is 11.8. The van der Waals surface area contributed by atoms with Crippen molar-refractivity contribution in [3.63, 3.8) is 0 Å². The lowest BCUT2D eigenvalue weighted by molar-refractivity contribution is 0.244. The van der Waals surface area contributed by atoms with Crippen LogP contribution < -0.4 is 15.4 Å². The molecule has 0 spiro atoms. The number of carbonyl (C=O) groups is 1. The Morgan fingerprint density at radius 1 is 1.26 bits per heavy atom. The largest absolute Gasteiger partial charge is 0.494 e. The highest BCUT2D eigenvalue weighted by molar-refractivity contribution is 7.14. The number of carbonyl (C=O) groups excluding carboxylic acids is 1. The zero-order valence-electron chi connectivity index (χ0n) is 14.0. The van der Waals surface area contributed by atoms with Crippen LogP contribution >= 0.6 is 11.3 Å². The van der Waals surface area contributed by atoms with Crippen LogP contribution in [0.4, 0.5) is 9.93 Å². The standard InChI is InChI=1S/C17H23N3O2S/c1-5-10-22-13-8-6-12(7-9-13)14-11-23-16(18-14)19-15(21)20-17(2,3)4/h6-9,11H,5,10H2,1-4H3,(H2,18,19,20,21). The number of amides is 2. The smallest absolute Gasteiger partial charge is 0.321 e. The molecule has 0 saturated carbocycles. The maximum Gasteiger partial charge on any atom is 0.321 e. The number of hydrogen-bond acceptors (Lipinski definition) is 4. The molecule has 124 valence electrons. The molecule has 1 heterocycles. The Kier molecular flexibility index (Phi) is 5.60. The van der Waals surface area contributed by atoms with Gasteiger partial charge in [-0.3, -0.25) is 5.32 Å². The lowest BCUT2D eigenvalue weighted by atomic mass is 10.1. The summed E-state index contributed by atoms with van der Waals surface area (Å²) in [7, 11) is 0. The van der Waals surface area contributed by atoms with E-state index in [1.807, 2.05) is 50.4 Å². The first kappa shape index (κ1) is 17.3. The first-order valence-corrected chi connectivity index (χ1v) is 8.53. The number of ether oxygens (including phenoxy) is 1. The van der Waals surface area contributed by atoms with E-state index in [0.717, 1.165) is 23.4 Å². The Morgan fingerprint density at radius 3 is 2.57 bits per heavy atom. The molecule has 0 radical (unpaired) electrons. The molecule has 0 fully saturated rings. The lowest BCUT2D eigenvalue weighted by Crippen LogP contribution is -2.43. The van der Waals surface area contributed by atoms with Crippen LogP contribution in [0.5, 0.6) is 5.75 Å². The van der Waals surface area contributed by atoms with Crippen molar-refractivity contribution in [2.45, 2.75) is 39.7 Å². The highest BCUT2D eigenvalue weighted by Crippen LogP contribution is 2.26.